The van der Waals surface area contributed by atoms with E-state index in [9.17, 15) is 13.2 Å². The normalized spacial score (nSPS) is 11.7. The molecule has 2 aromatic heterocycles. The molecule has 4 aromatic rings. The largest absolute Gasteiger partial charge is 0.309 e. The van der Waals surface area contributed by atoms with E-state index in [0.717, 1.165) is 11.1 Å². The van der Waals surface area contributed by atoms with Gasteiger partial charge in [-0.2, -0.15) is 0 Å². The predicted octanol–water partition coefficient (Wildman–Crippen LogP) is 3.63. The second-order valence-electron chi connectivity index (χ2n) is 5.78. The molecule has 0 aliphatic carbocycles. The average Bonchev–Trinajstić information content (AvgIpc) is 3.07. The molecule has 130 valence electrons. The van der Waals surface area contributed by atoms with Crippen molar-refractivity contribution >= 4 is 31.4 Å². The Morgan fingerprint density at radius 2 is 1.62 bits per heavy atom. The molecule has 5 nitrogen and oxygen atoms in total. The van der Waals surface area contributed by atoms with Crippen molar-refractivity contribution in [2.24, 2.45) is 0 Å². The molecule has 26 heavy (non-hydrogen) atoms. The molecule has 0 saturated heterocycles. The Morgan fingerprint density at radius 1 is 0.962 bits per heavy atom. The van der Waals surface area contributed by atoms with Crippen molar-refractivity contribution in [2.45, 2.75) is 10.6 Å². The molecule has 2 heterocycles. The van der Waals surface area contributed by atoms with Crippen LogP contribution in [0.5, 0.6) is 0 Å². The second-order valence-corrected chi connectivity index (χ2v) is 8.63. The molecule has 0 fully saturated rings. The van der Waals surface area contributed by atoms with E-state index in [1.54, 1.807) is 18.2 Å². The third-order valence-corrected chi connectivity index (χ3v) is 6.52. The van der Waals surface area contributed by atoms with E-state index in [2.05, 4.69) is 9.97 Å². The molecule has 0 amide bonds. The smallest absolute Gasteiger partial charge is 0.260 e. The zero-order valence-corrected chi connectivity index (χ0v) is 15.2. The standard InChI is InChI=1S/C19H14N2O3S2/c22-18-17-15(13-7-3-1-4-8-13)11-25-19(17)21-16(20-18)12-26(23,24)14-9-5-2-6-10-14/h1-11H,12H2,(H,20,21,22). The molecule has 0 spiro atoms. The van der Waals surface area contributed by atoms with E-state index in [1.165, 1.54) is 23.5 Å². The van der Waals surface area contributed by atoms with Crippen LogP contribution < -0.4 is 5.56 Å². The fraction of sp³-hybridized carbons (Fsp3) is 0.0526. The van der Waals surface area contributed by atoms with E-state index < -0.39 is 9.84 Å². The highest BCUT2D eigenvalue weighted by Gasteiger charge is 2.19. The Hall–Kier alpha value is -2.77. The zero-order chi connectivity index (χ0) is 18.1. The summed E-state index contributed by atoms with van der Waals surface area (Å²) in [5.41, 5.74) is 1.40. The highest BCUT2D eigenvalue weighted by atomic mass is 32.2. The molecule has 4 rings (SSSR count). The molecule has 0 aliphatic rings. The molecular formula is C19H14N2O3S2. The molecule has 0 unspecified atom stereocenters. The van der Waals surface area contributed by atoms with Crippen LogP contribution in [0.1, 0.15) is 5.82 Å². The number of hydrogen-bond donors (Lipinski definition) is 1. The number of aromatic nitrogens is 2. The number of fused-ring (bicyclic) bond motifs is 1. The summed E-state index contributed by atoms with van der Waals surface area (Å²) in [6.07, 6.45) is 0. The summed E-state index contributed by atoms with van der Waals surface area (Å²) in [5, 5.41) is 2.36. The fourth-order valence-corrected chi connectivity index (χ4v) is 4.99. The number of nitrogens with one attached hydrogen (secondary N) is 1. The molecule has 0 saturated carbocycles. The summed E-state index contributed by atoms with van der Waals surface area (Å²) < 4.78 is 25.0. The highest BCUT2D eigenvalue weighted by molar-refractivity contribution is 7.90. The van der Waals surface area contributed by atoms with Crippen molar-refractivity contribution in [2.75, 3.05) is 0 Å². The third kappa shape index (κ3) is 3.07. The topological polar surface area (TPSA) is 79.9 Å². The molecule has 0 atom stereocenters. The SMILES string of the molecule is O=c1[nH]c(CS(=O)(=O)c2ccccc2)nc2scc(-c3ccccc3)c12. The van der Waals surface area contributed by atoms with Crippen molar-refractivity contribution in [1.29, 1.82) is 0 Å². The van der Waals surface area contributed by atoms with E-state index >= 15 is 0 Å². The lowest BCUT2D eigenvalue weighted by Gasteiger charge is -2.04. The number of hydrogen-bond acceptors (Lipinski definition) is 5. The van der Waals surface area contributed by atoms with Gasteiger partial charge in [-0.15, -0.1) is 11.3 Å². The third-order valence-electron chi connectivity index (χ3n) is 4.01. The van der Waals surface area contributed by atoms with Crippen LogP contribution in [-0.4, -0.2) is 18.4 Å². The van der Waals surface area contributed by atoms with Crippen LogP contribution in [-0.2, 0) is 15.6 Å². The lowest BCUT2D eigenvalue weighted by atomic mass is 10.1. The zero-order valence-electron chi connectivity index (χ0n) is 13.5. The number of sulfone groups is 1. The summed E-state index contributed by atoms with van der Waals surface area (Å²) in [4.78, 5) is 20.3. The maximum Gasteiger partial charge on any atom is 0.260 e. The minimum atomic E-state index is -3.57. The van der Waals surface area contributed by atoms with Crippen LogP contribution in [0, 0.1) is 0 Å². The number of benzene rings is 2. The molecule has 0 radical (unpaired) electrons. The van der Waals surface area contributed by atoms with Crippen molar-refractivity contribution in [3.63, 3.8) is 0 Å². The van der Waals surface area contributed by atoms with Gasteiger partial charge in [0.05, 0.1) is 10.3 Å². The van der Waals surface area contributed by atoms with E-state index in [0.29, 0.717) is 10.2 Å². The Kier molecular flexibility index (Phi) is 4.18. The first-order valence-corrected chi connectivity index (χ1v) is 10.4. The summed E-state index contributed by atoms with van der Waals surface area (Å²) in [5.74, 6) is -0.200. The fourth-order valence-electron chi connectivity index (χ4n) is 2.78. The second kappa shape index (κ2) is 6.51. The first kappa shape index (κ1) is 16.7. The molecule has 2 aromatic carbocycles. The van der Waals surface area contributed by atoms with Crippen molar-refractivity contribution in [3.05, 3.63) is 82.2 Å². The van der Waals surface area contributed by atoms with E-state index in [-0.39, 0.29) is 22.0 Å². The van der Waals surface area contributed by atoms with Gasteiger partial charge in [0.25, 0.3) is 5.56 Å². The first-order chi connectivity index (χ1) is 12.5. The van der Waals surface area contributed by atoms with Gasteiger partial charge in [-0.3, -0.25) is 4.79 Å². The van der Waals surface area contributed by atoms with Crippen LogP contribution in [0.3, 0.4) is 0 Å². The molecule has 0 aliphatic heterocycles. The lowest BCUT2D eigenvalue weighted by molar-refractivity contribution is 0.594. The number of H-pyrrole nitrogens is 1. The van der Waals surface area contributed by atoms with Gasteiger partial charge in [0, 0.05) is 10.9 Å². The van der Waals surface area contributed by atoms with Gasteiger partial charge in [0.2, 0.25) is 0 Å². The van der Waals surface area contributed by atoms with Gasteiger partial charge >= 0.3 is 0 Å². The van der Waals surface area contributed by atoms with Gasteiger partial charge in [-0.1, -0.05) is 48.5 Å². The molecule has 7 heteroatoms. The minimum Gasteiger partial charge on any atom is -0.309 e. The number of thiophene rings is 1. The molecular weight excluding hydrogens is 368 g/mol. The minimum absolute atomic E-state index is 0.146. The average molecular weight is 382 g/mol. The highest BCUT2D eigenvalue weighted by Crippen LogP contribution is 2.30. The Bertz CT molecular complexity index is 1230. The van der Waals surface area contributed by atoms with Crippen LogP contribution in [0.25, 0.3) is 21.3 Å². The van der Waals surface area contributed by atoms with E-state index in [1.807, 2.05) is 35.7 Å². The summed E-state index contributed by atoms with van der Waals surface area (Å²) >= 11 is 1.33. The summed E-state index contributed by atoms with van der Waals surface area (Å²) in [6, 6.07) is 17.7. The maximum absolute atomic E-state index is 12.6. The number of rotatable bonds is 4. The van der Waals surface area contributed by atoms with Crippen molar-refractivity contribution in [1.82, 2.24) is 9.97 Å². The van der Waals surface area contributed by atoms with Crippen molar-refractivity contribution in [3.8, 4) is 11.1 Å². The van der Waals surface area contributed by atoms with Crippen LogP contribution >= 0.6 is 11.3 Å². The monoisotopic (exact) mass is 382 g/mol. The van der Waals surface area contributed by atoms with Crippen molar-refractivity contribution < 1.29 is 8.42 Å². The predicted molar refractivity (Wildman–Crippen MR) is 103 cm³/mol. The first-order valence-electron chi connectivity index (χ1n) is 7.88. The molecule has 0 bridgehead atoms. The maximum atomic E-state index is 12.6. The Morgan fingerprint density at radius 3 is 2.31 bits per heavy atom. The van der Waals surface area contributed by atoms with Gasteiger partial charge in [-0.05, 0) is 17.7 Å². The van der Waals surface area contributed by atoms with Gasteiger partial charge in [-0.25, -0.2) is 13.4 Å². The Balaban J connectivity index is 1.77. The summed E-state index contributed by atoms with van der Waals surface area (Å²) in [6.45, 7) is 0. The quantitative estimate of drug-likeness (QED) is 0.584. The van der Waals surface area contributed by atoms with Crippen LogP contribution in [0.4, 0.5) is 0 Å². The van der Waals surface area contributed by atoms with E-state index in [4.69, 9.17) is 0 Å². The van der Waals surface area contributed by atoms with Gasteiger partial charge in [0.15, 0.2) is 9.84 Å². The van der Waals surface area contributed by atoms with Crippen LogP contribution in [0.15, 0.2) is 75.7 Å². The lowest BCUT2D eigenvalue weighted by Crippen LogP contribution is -2.15. The van der Waals surface area contributed by atoms with Crippen LogP contribution in [0.2, 0.25) is 0 Å². The van der Waals surface area contributed by atoms with Gasteiger partial charge in [0.1, 0.15) is 16.4 Å². The Labute approximate surface area is 153 Å². The van der Waals surface area contributed by atoms with Gasteiger partial charge < -0.3 is 4.98 Å². The number of nitrogens with zero attached hydrogens (tertiary/aromatic N) is 1. The number of aromatic amines is 1. The summed E-state index contributed by atoms with van der Waals surface area (Å²) in [7, 11) is -3.57. The molecule has 1 N–H and O–H groups in total.